The van der Waals surface area contributed by atoms with Gasteiger partial charge in [0.05, 0.1) is 5.75 Å². The number of rotatable bonds is 5. The van der Waals surface area contributed by atoms with Crippen molar-refractivity contribution in [1.82, 2.24) is 4.90 Å². The Morgan fingerprint density at radius 2 is 1.71 bits per heavy atom. The maximum absolute atomic E-state index is 12.3. The quantitative estimate of drug-likeness (QED) is 0.834. The fraction of sp³-hybridized carbons (Fsp3) is 0.389. The molecule has 5 nitrogen and oxygen atoms in total. The lowest BCUT2D eigenvalue weighted by Crippen LogP contribution is -2.27. The van der Waals surface area contributed by atoms with Gasteiger partial charge in [0.25, 0.3) is 5.91 Å². The van der Waals surface area contributed by atoms with E-state index < -0.39 is 9.84 Å². The molecule has 1 fully saturated rings. The summed E-state index contributed by atoms with van der Waals surface area (Å²) in [5.41, 5.74) is 1.84. The number of furan rings is 1. The van der Waals surface area contributed by atoms with Crippen molar-refractivity contribution in [1.29, 1.82) is 0 Å². The van der Waals surface area contributed by atoms with Gasteiger partial charge in [0.1, 0.15) is 11.5 Å². The molecule has 0 unspecified atom stereocenters. The molecule has 128 valence electrons. The molecule has 0 atom stereocenters. The number of benzene rings is 1. The lowest BCUT2D eigenvalue weighted by molar-refractivity contribution is 0.0759. The highest BCUT2D eigenvalue weighted by Gasteiger charge is 2.23. The summed E-state index contributed by atoms with van der Waals surface area (Å²) >= 11 is 0. The molecular weight excluding hydrogens is 326 g/mol. The summed E-state index contributed by atoms with van der Waals surface area (Å²) in [5.74, 6) is 0.133. The van der Waals surface area contributed by atoms with Crippen LogP contribution in [-0.4, -0.2) is 32.3 Å². The van der Waals surface area contributed by atoms with Gasteiger partial charge in [0.15, 0.2) is 15.6 Å². The summed E-state index contributed by atoms with van der Waals surface area (Å²) < 4.78 is 30.1. The maximum Gasteiger partial charge on any atom is 0.289 e. The Morgan fingerprint density at radius 1 is 1.04 bits per heavy atom. The van der Waals surface area contributed by atoms with E-state index in [0.29, 0.717) is 5.76 Å². The molecule has 1 aliphatic rings. The van der Waals surface area contributed by atoms with Gasteiger partial charge in [-0.1, -0.05) is 29.8 Å². The third kappa shape index (κ3) is 4.06. The largest absolute Gasteiger partial charge is 0.455 e. The molecule has 2 heterocycles. The van der Waals surface area contributed by atoms with Crippen molar-refractivity contribution < 1.29 is 17.6 Å². The van der Waals surface area contributed by atoms with E-state index in [1.807, 2.05) is 31.2 Å². The highest BCUT2D eigenvalue weighted by atomic mass is 32.2. The Labute approximate surface area is 142 Å². The number of hydrogen-bond donors (Lipinski definition) is 0. The third-order valence-corrected chi connectivity index (χ3v) is 5.63. The topological polar surface area (TPSA) is 67.6 Å². The summed E-state index contributed by atoms with van der Waals surface area (Å²) in [6, 6.07) is 10.6. The number of sulfone groups is 1. The lowest BCUT2D eigenvalue weighted by atomic mass is 10.2. The average molecular weight is 347 g/mol. The van der Waals surface area contributed by atoms with Gasteiger partial charge in [-0.15, -0.1) is 0 Å². The van der Waals surface area contributed by atoms with Gasteiger partial charge in [0.2, 0.25) is 0 Å². The first-order valence-electron chi connectivity index (χ1n) is 8.07. The Balaban J connectivity index is 1.66. The van der Waals surface area contributed by atoms with Crippen LogP contribution in [0.15, 0.2) is 40.8 Å². The lowest BCUT2D eigenvalue weighted by Gasteiger charge is -2.12. The summed E-state index contributed by atoms with van der Waals surface area (Å²) in [6.07, 6.45) is 2.01. The predicted molar refractivity (Wildman–Crippen MR) is 91.4 cm³/mol. The maximum atomic E-state index is 12.3. The molecule has 0 N–H and O–H groups in total. The number of amides is 1. The van der Waals surface area contributed by atoms with E-state index in [0.717, 1.165) is 37.1 Å². The van der Waals surface area contributed by atoms with E-state index in [2.05, 4.69) is 0 Å². The van der Waals surface area contributed by atoms with Crippen molar-refractivity contribution in [2.24, 2.45) is 0 Å². The predicted octanol–water partition coefficient (Wildman–Crippen LogP) is 2.94. The van der Waals surface area contributed by atoms with E-state index >= 15 is 0 Å². The number of likely N-dealkylation sites (tertiary alicyclic amines) is 1. The number of aryl methyl sites for hydroxylation is 1. The molecule has 1 amide bonds. The van der Waals surface area contributed by atoms with Gasteiger partial charge in [-0.3, -0.25) is 4.79 Å². The third-order valence-electron chi connectivity index (χ3n) is 4.14. The normalized spacial score (nSPS) is 15.0. The van der Waals surface area contributed by atoms with E-state index in [-0.39, 0.29) is 23.2 Å². The van der Waals surface area contributed by atoms with Gasteiger partial charge < -0.3 is 9.32 Å². The van der Waals surface area contributed by atoms with Crippen molar-refractivity contribution in [3.8, 4) is 0 Å². The fourth-order valence-electron chi connectivity index (χ4n) is 2.85. The second-order valence-corrected chi connectivity index (χ2v) is 8.35. The van der Waals surface area contributed by atoms with Crippen LogP contribution in [0.4, 0.5) is 0 Å². The summed E-state index contributed by atoms with van der Waals surface area (Å²) in [7, 11) is -3.35. The minimum Gasteiger partial charge on any atom is -0.455 e. The Hall–Kier alpha value is -2.08. The molecule has 0 saturated carbocycles. The number of carbonyl (C=O) groups is 1. The van der Waals surface area contributed by atoms with Gasteiger partial charge in [0, 0.05) is 13.1 Å². The molecule has 3 rings (SSSR count). The number of hydrogen-bond acceptors (Lipinski definition) is 4. The van der Waals surface area contributed by atoms with Crippen LogP contribution in [0.1, 0.15) is 40.3 Å². The van der Waals surface area contributed by atoms with Crippen molar-refractivity contribution in [3.05, 3.63) is 59.0 Å². The molecule has 0 spiro atoms. The molecule has 6 heteroatoms. The van der Waals surface area contributed by atoms with Crippen molar-refractivity contribution in [3.63, 3.8) is 0 Å². The molecule has 0 bridgehead atoms. The number of carbonyl (C=O) groups excluding carboxylic acids is 1. The van der Waals surface area contributed by atoms with Crippen LogP contribution >= 0.6 is 0 Å². The van der Waals surface area contributed by atoms with Crippen LogP contribution in [0.25, 0.3) is 0 Å². The molecule has 1 aliphatic heterocycles. The second-order valence-electron chi connectivity index (χ2n) is 6.28. The molecule has 0 radical (unpaired) electrons. The molecule has 1 saturated heterocycles. The minimum absolute atomic E-state index is 0.0383. The van der Waals surface area contributed by atoms with Crippen LogP contribution in [-0.2, 0) is 21.3 Å². The van der Waals surface area contributed by atoms with Crippen LogP contribution < -0.4 is 0 Å². The first-order chi connectivity index (χ1) is 11.4. The second kappa shape index (κ2) is 6.81. The molecule has 24 heavy (non-hydrogen) atoms. The molecule has 1 aromatic carbocycles. The fourth-order valence-corrected chi connectivity index (χ4v) is 4.24. The van der Waals surface area contributed by atoms with Crippen LogP contribution in [0.2, 0.25) is 0 Å². The molecule has 2 aromatic rings. The van der Waals surface area contributed by atoms with E-state index in [1.54, 1.807) is 17.0 Å². The van der Waals surface area contributed by atoms with Gasteiger partial charge in [-0.05, 0) is 37.5 Å². The van der Waals surface area contributed by atoms with Crippen LogP contribution in [0, 0.1) is 6.92 Å². The van der Waals surface area contributed by atoms with Gasteiger partial charge in [-0.2, -0.15) is 0 Å². The van der Waals surface area contributed by atoms with Gasteiger partial charge in [-0.25, -0.2) is 8.42 Å². The van der Waals surface area contributed by atoms with E-state index in [9.17, 15) is 13.2 Å². The number of nitrogens with zero attached hydrogens (tertiary/aromatic N) is 1. The average Bonchev–Trinajstić information content (AvgIpc) is 3.20. The van der Waals surface area contributed by atoms with Crippen LogP contribution in [0.5, 0.6) is 0 Å². The summed E-state index contributed by atoms with van der Waals surface area (Å²) in [6.45, 7) is 3.43. The Kier molecular flexibility index (Phi) is 4.76. The van der Waals surface area contributed by atoms with Crippen LogP contribution in [0.3, 0.4) is 0 Å². The highest BCUT2D eigenvalue weighted by molar-refractivity contribution is 7.89. The minimum atomic E-state index is -3.35. The van der Waals surface area contributed by atoms with Crippen molar-refractivity contribution in [2.45, 2.75) is 31.3 Å². The first-order valence-corrected chi connectivity index (χ1v) is 9.89. The summed E-state index contributed by atoms with van der Waals surface area (Å²) in [5, 5.41) is 0. The smallest absolute Gasteiger partial charge is 0.289 e. The van der Waals surface area contributed by atoms with E-state index in [1.165, 1.54) is 0 Å². The highest BCUT2D eigenvalue weighted by Crippen LogP contribution is 2.18. The zero-order chi connectivity index (χ0) is 17.2. The monoisotopic (exact) mass is 347 g/mol. The zero-order valence-electron chi connectivity index (χ0n) is 13.7. The molecule has 0 aliphatic carbocycles. The molecule has 1 aromatic heterocycles. The zero-order valence-corrected chi connectivity index (χ0v) is 14.5. The van der Waals surface area contributed by atoms with E-state index in [4.69, 9.17) is 4.42 Å². The Morgan fingerprint density at radius 3 is 2.38 bits per heavy atom. The SMILES string of the molecule is Cc1ccc(CS(=O)(=O)Cc2ccc(C(=O)N3CCCC3)o2)cc1. The van der Waals surface area contributed by atoms with Gasteiger partial charge >= 0.3 is 0 Å². The summed E-state index contributed by atoms with van der Waals surface area (Å²) in [4.78, 5) is 14.0. The van der Waals surface area contributed by atoms with Crippen molar-refractivity contribution in [2.75, 3.05) is 13.1 Å². The first kappa shape index (κ1) is 16.8. The standard InChI is InChI=1S/C18H21NO4S/c1-14-4-6-15(7-5-14)12-24(21,22)13-16-8-9-17(23-16)18(20)19-10-2-3-11-19/h4-9H,2-3,10-13H2,1H3. The van der Waals surface area contributed by atoms with Crippen molar-refractivity contribution >= 4 is 15.7 Å². The Bertz CT molecular complexity index is 815. The molecular formula is C18H21NO4S.